The fourth-order valence-electron chi connectivity index (χ4n) is 16.4. The van der Waals surface area contributed by atoms with Crippen LogP contribution in [0.3, 0.4) is 0 Å². The lowest BCUT2D eigenvalue weighted by molar-refractivity contribution is 0.0661. The van der Waals surface area contributed by atoms with Crippen molar-refractivity contribution in [3.05, 3.63) is 159 Å². The molecule has 4 aliphatic rings. The zero-order valence-electron chi connectivity index (χ0n) is 85.2. The van der Waals surface area contributed by atoms with E-state index >= 15 is 0 Å². The lowest BCUT2D eigenvalue weighted by Crippen LogP contribution is -2.46. The Hall–Kier alpha value is -12.1. The number of piperidine rings is 3. The van der Waals surface area contributed by atoms with Gasteiger partial charge in [-0.25, -0.2) is 39.9 Å². The van der Waals surface area contributed by atoms with E-state index in [2.05, 4.69) is 120 Å². The monoisotopic (exact) mass is 2130 g/mol. The normalized spacial score (nSPS) is 14.7. The molecule has 4 aromatic carbocycles. The molecular weight excluding hydrogens is 2000 g/mol. The van der Waals surface area contributed by atoms with Crippen molar-refractivity contribution in [3.8, 4) is 65.3 Å². The van der Waals surface area contributed by atoms with Gasteiger partial charge in [0.25, 0.3) is 23.6 Å². The first-order valence-electron chi connectivity index (χ1n) is 48.3. The Bertz CT molecular complexity index is 6520. The summed E-state index contributed by atoms with van der Waals surface area (Å²) in [5.74, 6) is 0.0456. The van der Waals surface area contributed by atoms with Gasteiger partial charge in [0.15, 0.2) is 40.6 Å². The number of benzene rings is 4. The van der Waals surface area contributed by atoms with Crippen LogP contribution in [0, 0.1) is 27.7 Å². The Balaban J connectivity index is 0.000000162. The van der Waals surface area contributed by atoms with Gasteiger partial charge in [-0.15, -0.1) is 90.7 Å². The summed E-state index contributed by atoms with van der Waals surface area (Å²) in [7, 11) is 6.27. The molecule has 0 saturated carbocycles. The van der Waals surface area contributed by atoms with Crippen LogP contribution in [-0.2, 0) is 0 Å². The molecular formula is C101H130N24O12S8. The minimum absolute atomic E-state index is 0.0149. The number of ether oxygens (including phenoxy) is 4. The van der Waals surface area contributed by atoms with Crippen molar-refractivity contribution in [2.24, 2.45) is 22.9 Å². The molecule has 14 N–H and O–H groups in total. The van der Waals surface area contributed by atoms with E-state index in [-0.39, 0.29) is 60.1 Å². The van der Waals surface area contributed by atoms with Crippen molar-refractivity contribution >= 4 is 181 Å². The zero-order chi connectivity index (χ0) is 104. The molecule has 0 unspecified atom stereocenters. The Labute approximate surface area is 877 Å². The second-order valence-electron chi connectivity index (χ2n) is 37.5. The van der Waals surface area contributed by atoms with Crippen LogP contribution in [0.25, 0.3) is 42.3 Å². The first kappa shape index (κ1) is 110. The van der Waals surface area contributed by atoms with Crippen LogP contribution in [0.15, 0.2) is 94.3 Å². The van der Waals surface area contributed by atoms with Gasteiger partial charge in [-0.3, -0.25) is 43.3 Å². The summed E-state index contributed by atoms with van der Waals surface area (Å²) in [5.41, 5.74) is 31.9. The molecule has 4 fully saturated rings. The van der Waals surface area contributed by atoms with Gasteiger partial charge in [0.1, 0.15) is 23.0 Å². The summed E-state index contributed by atoms with van der Waals surface area (Å²) >= 11 is 11.1. The molecule has 0 bridgehead atoms. The number of rotatable bonds is 33. The second-order valence-corrected chi connectivity index (χ2v) is 45.0. The Morgan fingerprint density at radius 3 is 0.931 bits per heavy atom. The maximum Gasteiger partial charge on any atom is 0.282 e. The summed E-state index contributed by atoms with van der Waals surface area (Å²) in [4.78, 5) is 153. The predicted molar refractivity (Wildman–Crippen MR) is 583 cm³/mol. The number of thiazole rings is 8. The summed E-state index contributed by atoms with van der Waals surface area (Å²) in [6, 6.07) is 22.0. The second kappa shape index (κ2) is 50.3. The van der Waals surface area contributed by atoms with Gasteiger partial charge in [0, 0.05) is 126 Å². The highest BCUT2D eigenvalue weighted by Gasteiger charge is 2.33. The first-order valence-corrected chi connectivity index (χ1v) is 55.1. The number of nitrogens with zero attached hydrogens (tertiary/aromatic N) is 14. The summed E-state index contributed by atoms with van der Waals surface area (Å²) in [6.45, 7) is 40.6. The number of carbonyl (C=O) groups is 8. The summed E-state index contributed by atoms with van der Waals surface area (Å²) in [6.07, 6.45) is 6.51. The van der Waals surface area contributed by atoms with Gasteiger partial charge in [-0.05, 0) is 263 Å². The first-order chi connectivity index (χ1) is 69.0. The molecule has 0 aliphatic carbocycles. The van der Waals surface area contributed by atoms with E-state index in [0.717, 1.165) is 169 Å². The quantitative estimate of drug-likeness (QED) is 0.0183. The van der Waals surface area contributed by atoms with Crippen LogP contribution < -0.4 is 73.8 Å². The molecule has 12 heterocycles. The molecule has 8 aromatic heterocycles. The maximum atomic E-state index is 13.3. The molecule has 0 atom stereocenters. The van der Waals surface area contributed by atoms with Crippen LogP contribution in [0.5, 0.6) is 23.0 Å². The third-order valence-corrected chi connectivity index (χ3v) is 31.8. The molecule has 774 valence electrons. The number of nitrogens with one attached hydrogen (secondary N) is 6. The number of aryl methyl sites for hydroxylation is 4. The molecule has 36 nitrogen and oxygen atoms in total. The van der Waals surface area contributed by atoms with Gasteiger partial charge in [0.05, 0.1) is 112 Å². The van der Waals surface area contributed by atoms with E-state index in [1.165, 1.54) is 90.7 Å². The minimum Gasteiger partial charge on any atom is -0.489 e. The van der Waals surface area contributed by atoms with E-state index in [4.69, 9.17) is 61.8 Å². The number of nitrogens with two attached hydrogens (primary N) is 4. The van der Waals surface area contributed by atoms with Crippen LogP contribution in [0.4, 0.5) is 43.3 Å². The van der Waals surface area contributed by atoms with Crippen molar-refractivity contribution < 1.29 is 57.3 Å². The fourth-order valence-corrected chi connectivity index (χ4v) is 23.4. The Morgan fingerprint density at radius 1 is 0.359 bits per heavy atom. The highest BCUT2D eigenvalue weighted by molar-refractivity contribution is 7.20. The van der Waals surface area contributed by atoms with Crippen LogP contribution in [0.1, 0.15) is 231 Å². The van der Waals surface area contributed by atoms with Crippen molar-refractivity contribution in [1.82, 2.24) is 79.9 Å². The smallest absolute Gasteiger partial charge is 0.282 e. The summed E-state index contributed by atoms with van der Waals surface area (Å²) in [5, 5.41) is 31.4. The molecule has 0 radical (unpaired) electrons. The predicted octanol–water partition coefficient (Wildman–Crippen LogP) is 18.0. The number of aromatic nitrogens is 8. The number of carbonyl (C=O) groups excluding carboxylic acids is 8. The topological polar surface area (TPSA) is 472 Å². The van der Waals surface area contributed by atoms with Crippen molar-refractivity contribution in [3.63, 3.8) is 0 Å². The average Bonchev–Trinajstić information content (AvgIpc) is 1.64. The average molecular weight is 2130 g/mol. The van der Waals surface area contributed by atoms with Gasteiger partial charge in [-0.2, -0.15) is 0 Å². The maximum absolute atomic E-state index is 13.3. The van der Waals surface area contributed by atoms with Crippen molar-refractivity contribution in [2.75, 3.05) is 108 Å². The number of hydrogen-bond donors (Lipinski definition) is 10. The number of hydrogen-bond acceptors (Lipinski definition) is 36. The summed E-state index contributed by atoms with van der Waals surface area (Å²) < 4.78 is 23.5. The standard InChI is InChI=1S/2C26H34N6O3S2.C25H32N6O3S2.C24H30N6O3S2/c1-15(2)31-9-6-10-32(12-11-31)25(34)24-28-17(5)22(37-24)20-14-36-26(30-20)29-19-13-18(23(27)33)7-8-21(19)35-16(3)4;1-14(2)32-10-8-18(9-11-32)29-24(34)25-28-16(5)22(37-25)20-13-36-26(31-20)30-19-12-17(23(27)33)6-7-21(19)35-15(3)4;1-14(2)34-20-7-6-16(22(26)32)12-18(20)28-25-29-19(13-35-25)21-15(3)27-23(36-21)24(33)31-10-8-17(9-11-31)30(4)5;1-13(2)33-19-6-5-15(21(25)31)11-17(19)28-24-29-18(12-34-24)20-14(3)26-23(35-20)22(32)27-16-7-9-30(4)10-8-16/h7-8,13-16H,6,9-12H2,1-5H3,(H2,27,33)(H,29,30);6-7,12-15,18H,8-11H2,1-5H3,(H2,27,33)(H,29,34)(H,30,31);6-7,12-14,17H,8-11H2,1-5H3,(H2,26,32)(H,28,29);5-6,11-13,16H,7-10H2,1-4H3,(H2,25,31)(H,27,32)(H,28,29). The lowest BCUT2D eigenvalue weighted by atomic mass is 10.0. The molecule has 44 heteroatoms. The van der Waals surface area contributed by atoms with Gasteiger partial charge >= 0.3 is 0 Å². The molecule has 12 aromatic rings. The number of amides is 8. The fraction of sp³-hybridized carbons (Fsp3) is 0.446. The van der Waals surface area contributed by atoms with E-state index < -0.39 is 23.6 Å². The molecule has 4 aliphatic heterocycles. The molecule has 145 heavy (non-hydrogen) atoms. The van der Waals surface area contributed by atoms with Gasteiger partial charge in [0.2, 0.25) is 23.6 Å². The zero-order valence-corrected chi connectivity index (χ0v) is 91.7. The van der Waals surface area contributed by atoms with Crippen molar-refractivity contribution in [2.45, 2.75) is 210 Å². The van der Waals surface area contributed by atoms with Crippen LogP contribution in [0.2, 0.25) is 0 Å². The Morgan fingerprint density at radius 2 is 0.641 bits per heavy atom. The largest absolute Gasteiger partial charge is 0.489 e. The van der Waals surface area contributed by atoms with E-state index in [9.17, 15) is 38.4 Å². The lowest BCUT2D eigenvalue weighted by Gasteiger charge is -2.34. The van der Waals surface area contributed by atoms with Gasteiger partial charge in [-0.1, -0.05) is 0 Å². The molecule has 8 amide bonds. The molecule has 0 spiro atoms. The highest BCUT2D eigenvalue weighted by atomic mass is 32.1. The SMILES string of the molecule is Cc1nc(C(=O)N2CCC(N(C)C)CC2)sc1-c1csc(Nc2cc(C(N)=O)ccc2OC(C)C)n1.Cc1nc(C(=O)N2CCCN(C(C)C)CC2)sc1-c1csc(Nc2cc(C(N)=O)ccc2OC(C)C)n1.Cc1nc(C(=O)NC2CCN(C(C)C)CC2)sc1-c1csc(Nc2cc(C(N)=O)ccc2OC(C)C)n1.Cc1nc(C(=O)NC2CCN(C)CC2)sc1-c1csc(Nc2cc(C(N)=O)ccc2OC(C)C)n1. The van der Waals surface area contributed by atoms with Crippen molar-refractivity contribution in [1.29, 1.82) is 0 Å². The van der Waals surface area contributed by atoms with Crippen LogP contribution >= 0.6 is 90.7 Å². The Kier molecular flexibility index (Phi) is 38.2. The third-order valence-electron chi connectivity index (χ3n) is 24.0. The number of anilines is 8. The minimum atomic E-state index is -0.518. The van der Waals surface area contributed by atoms with E-state index in [1.807, 2.05) is 114 Å². The van der Waals surface area contributed by atoms with Gasteiger partial charge < -0.3 is 98.3 Å². The molecule has 4 saturated heterocycles. The third kappa shape index (κ3) is 29.9. The number of primary amides is 4. The number of likely N-dealkylation sites (tertiary alicyclic amines) is 3. The van der Waals surface area contributed by atoms with Crippen LogP contribution in [-0.4, -0.2) is 258 Å². The highest BCUT2D eigenvalue weighted by Crippen LogP contribution is 2.43. The van der Waals surface area contributed by atoms with E-state index in [0.29, 0.717) is 133 Å². The molecule has 16 rings (SSSR count). The van der Waals surface area contributed by atoms with E-state index in [1.54, 1.807) is 72.8 Å².